The van der Waals surface area contributed by atoms with E-state index in [-0.39, 0.29) is 17.7 Å². The van der Waals surface area contributed by atoms with Gasteiger partial charge in [0, 0.05) is 30.5 Å². The summed E-state index contributed by atoms with van der Waals surface area (Å²) in [6, 6.07) is 8.10. The highest BCUT2D eigenvalue weighted by Gasteiger charge is 2.28. The fourth-order valence-electron chi connectivity index (χ4n) is 2.93. The molecule has 1 aromatic carbocycles. The standard InChI is InChI=1S/C18H23N3O2/c1-12(2)18(22)21-10-8-15(9-11-21)17-19-16(20-23-17)14-6-4-13(3)5-7-14/h4-7,12,15H,8-11H2,1-3H3. The molecular formula is C18H23N3O2. The minimum Gasteiger partial charge on any atom is -0.342 e. The van der Waals surface area contributed by atoms with Crippen LogP contribution in [0.3, 0.4) is 0 Å². The number of carbonyl (C=O) groups is 1. The van der Waals surface area contributed by atoms with E-state index in [9.17, 15) is 4.79 Å². The number of nitrogens with zero attached hydrogens (tertiary/aromatic N) is 3. The van der Waals surface area contributed by atoms with Gasteiger partial charge in [-0.05, 0) is 19.8 Å². The Labute approximate surface area is 136 Å². The molecule has 1 aliphatic heterocycles. The molecule has 0 aliphatic carbocycles. The molecule has 0 saturated carbocycles. The molecule has 1 aliphatic rings. The number of benzene rings is 1. The Balaban J connectivity index is 1.66. The highest BCUT2D eigenvalue weighted by Crippen LogP contribution is 2.29. The zero-order valence-electron chi connectivity index (χ0n) is 14.0. The number of hydrogen-bond donors (Lipinski definition) is 0. The molecule has 2 aromatic rings. The third-order valence-electron chi connectivity index (χ3n) is 4.40. The van der Waals surface area contributed by atoms with Gasteiger partial charge in [-0.25, -0.2) is 0 Å². The quantitative estimate of drug-likeness (QED) is 0.871. The van der Waals surface area contributed by atoms with Gasteiger partial charge in [-0.2, -0.15) is 4.98 Å². The Morgan fingerprint density at radius 2 is 1.87 bits per heavy atom. The second-order valence-corrected chi connectivity index (χ2v) is 6.58. The summed E-state index contributed by atoms with van der Waals surface area (Å²) in [6.45, 7) is 7.48. The summed E-state index contributed by atoms with van der Waals surface area (Å²) in [5, 5.41) is 4.11. The first kappa shape index (κ1) is 15.7. The van der Waals surface area contributed by atoms with Crippen molar-refractivity contribution in [3.8, 4) is 11.4 Å². The zero-order valence-corrected chi connectivity index (χ0v) is 14.0. The Bertz CT molecular complexity index is 668. The Morgan fingerprint density at radius 3 is 2.48 bits per heavy atom. The first-order valence-corrected chi connectivity index (χ1v) is 8.24. The third kappa shape index (κ3) is 3.44. The van der Waals surface area contributed by atoms with Gasteiger partial charge >= 0.3 is 0 Å². The molecule has 2 heterocycles. The van der Waals surface area contributed by atoms with Crippen LogP contribution < -0.4 is 0 Å². The largest absolute Gasteiger partial charge is 0.342 e. The van der Waals surface area contributed by atoms with Gasteiger partial charge in [0.2, 0.25) is 17.6 Å². The molecule has 1 fully saturated rings. The van der Waals surface area contributed by atoms with Crippen LogP contribution in [0.15, 0.2) is 28.8 Å². The minimum atomic E-state index is 0.0584. The van der Waals surface area contributed by atoms with Gasteiger partial charge in [-0.15, -0.1) is 0 Å². The molecule has 1 aromatic heterocycles. The molecule has 3 rings (SSSR count). The molecule has 0 unspecified atom stereocenters. The molecule has 1 amide bonds. The molecule has 5 nitrogen and oxygen atoms in total. The van der Waals surface area contributed by atoms with E-state index in [2.05, 4.69) is 17.1 Å². The third-order valence-corrected chi connectivity index (χ3v) is 4.40. The van der Waals surface area contributed by atoms with Crippen LogP contribution in [-0.2, 0) is 4.79 Å². The van der Waals surface area contributed by atoms with Crippen LogP contribution in [0.1, 0.15) is 44.1 Å². The van der Waals surface area contributed by atoms with Gasteiger partial charge < -0.3 is 9.42 Å². The van der Waals surface area contributed by atoms with Crippen molar-refractivity contribution in [2.24, 2.45) is 5.92 Å². The lowest BCUT2D eigenvalue weighted by Gasteiger charge is -2.31. The summed E-state index contributed by atoms with van der Waals surface area (Å²) < 4.78 is 5.47. The maximum absolute atomic E-state index is 12.0. The summed E-state index contributed by atoms with van der Waals surface area (Å²) in [7, 11) is 0. The maximum Gasteiger partial charge on any atom is 0.230 e. The van der Waals surface area contributed by atoms with Crippen molar-refractivity contribution < 1.29 is 9.32 Å². The fourth-order valence-corrected chi connectivity index (χ4v) is 2.93. The van der Waals surface area contributed by atoms with Crippen molar-refractivity contribution in [1.82, 2.24) is 15.0 Å². The number of aromatic nitrogens is 2. The van der Waals surface area contributed by atoms with Crippen LogP contribution in [0, 0.1) is 12.8 Å². The zero-order chi connectivity index (χ0) is 16.4. The number of rotatable bonds is 3. The van der Waals surface area contributed by atoms with Crippen molar-refractivity contribution >= 4 is 5.91 Å². The van der Waals surface area contributed by atoms with Gasteiger partial charge in [-0.1, -0.05) is 48.8 Å². The molecule has 1 saturated heterocycles. The van der Waals surface area contributed by atoms with E-state index in [0.29, 0.717) is 11.7 Å². The molecule has 0 atom stereocenters. The van der Waals surface area contributed by atoms with E-state index in [1.165, 1.54) is 5.56 Å². The van der Waals surface area contributed by atoms with Crippen molar-refractivity contribution in [1.29, 1.82) is 0 Å². The van der Waals surface area contributed by atoms with E-state index < -0.39 is 0 Å². The number of amides is 1. The first-order valence-electron chi connectivity index (χ1n) is 8.24. The number of piperidine rings is 1. The normalized spacial score (nSPS) is 16.1. The van der Waals surface area contributed by atoms with E-state index in [0.717, 1.165) is 31.5 Å². The fraction of sp³-hybridized carbons (Fsp3) is 0.500. The molecule has 5 heteroatoms. The van der Waals surface area contributed by atoms with Crippen molar-refractivity contribution in [2.75, 3.05) is 13.1 Å². The van der Waals surface area contributed by atoms with Crippen LogP contribution in [0.5, 0.6) is 0 Å². The first-order chi connectivity index (χ1) is 11.0. The summed E-state index contributed by atoms with van der Waals surface area (Å²) in [6.07, 6.45) is 1.77. The van der Waals surface area contributed by atoms with Gasteiger partial charge in [0.25, 0.3) is 0 Å². The van der Waals surface area contributed by atoms with Gasteiger partial charge in [0.15, 0.2) is 0 Å². The number of hydrogen-bond acceptors (Lipinski definition) is 4. The van der Waals surface area contributed by atoms with Crippen molar-refractivity contribution in [3.63, 3.8) is 0 Å². The number of carbonyl (C=O) groups excluding carboxylic acids is 1. The van der Waals surface area contributed by atoms with Crippen LogP contribution in [-0.4, -0.2) is 34.0 Å². The van der Waals surface area contributed by atoms with Gasteiger partial charge in [0.05, 0.1) is 0 Å². The number of aryl methyl sites for hydroxylation is 1. The van der Waals surface area contributed by atoms with Crippen LogP contribution in [0.4, 0.5) is 0 Å². The van der Waals surface area contributed by atoms with Crippen molar-refractivity contribution in [2.45, 2.75) is 39.5 Å². The van der Waals surface area contributed by atoms with Gasteiger partial charge in [-0.3, -0.25) is 4.79 Å². The molecule has 122 valence electrons. The van der Waals surface area contributed by atoms with Crippen LogP contribution in [0.25, 0.3) is 11.4 Å². The minimum absolute atomic E-state index is 0.0584. The number of likely N-dealkylation sites (tertiary alicyclic amines) is 1. The molecule has 0 spiro atoms. The van der Waals surface area contributed by atoms with Crippen LogP contribution >= 0.6 is 0 Å². The SMILES string of the molecule is Cc1ccc(-c2noc(C3CCN(C(=O)C(C)C)CC3)n2)cc1. The lowest BCUT2D eigenvalue weighted by atomic mass is 9.96. The van der Waals surface area contributed by atoms with Gasteiger partial charge in [0.1, 0.15) is 0 Å². The summed E-state index contributed by atoms with van der Waals surface area (Å²) in [5.74, 6) is 1.87. The molecule has 0 N–H and O–H groups in total. The van der Waals surface area contributed by atoms with Crippen LogP contribution in [0.2, 0.25) is 0 Å². The Kier molecular flexibility index (Phi) is 4.46. The van der Waals surface area contributed by atoms with Crippen molar-refractivity contribution in [3.05, 3.63) is 35.7 Å². The maximum atomic E-state index is 12.0. The predicted molar refractivity (Wildman–Crippen MR) is 87.9 cm³/mol. The molecule has 23 heavy (non-hydrogen) atoms. The van der Waals surface area contributed by atoms with E-state index >= 15 is 0 Å². The highest BCUT2D eigenvalue weighted by molar-refractivity contribution is 5.78. The highest BCUT2D eigenvalue weighted by atomic mass is 16.5. The molecular weight excluding hydrogens is 290 g/mol. The summed E-state index contributed by atoms with van der Waals surface area (Å²) >= 11 is 0. The average Bonchev–Trinajstić information content (AvgIpc) is 3.05. The Morgan fingerprint density at radius 1 is 1.22 bits per heavy atom. The van der Waals surface area contributed by atoms with E-state index in [4.69, 9.17) is 4.52 Å². The van der Waals surface area contributed by atoms with E-state index in [1.807, 2.05) is 43.0 Å². The monoisotopic (exact) mass is 313 g/mol. The Hall–Kier alpha value is -2.17. The average molecular weight is 313 g/mol. The molecule has 0 radical (unpaired) electrons. The summed E-state index contributed by atoms with van der Waals surface area (Å²) in [4.78, 5) is 18.5. The second-order valence-electron chi connectivity index (χ2n) is 6.58. The predicted octanol–water partition coefficient (Wildman–Crippen LogP) is 3.41. The smallest absolute Gasteiger partial charge is 0.230 e. The second kappa shape index (κ2) is 6.52. The van der Waals surface area contributed by atoms with E-state index in [1.54, 1.807) is 0 Å². The molecule has 0 bridgehead atoms. The lowest BCUT2D eigenvalue weighted by molar-refractivity contribution is -0.135. The lowest BCUT2D eigenvalue weighted by Crippen LogP contribution is -2.40. The summed E-state index contributed by atoms with van der Waals surface area (Å²) in [5.41, 5.74) is 2.18. The topological polar surface area (TPSA) is 59.2 Å².